The maximum absolute atomic E-state index is 12.7. The smallest absolute Gasteiger partial charge is 0.225 e. The van der Waals surface area contributed by atoms with Crippen molar-refractivity contribution in [2.24, 2.45) is 0 Å². The molecule has 1 saturated heterocycles. The Kier molecular flexibility index (Phi) is 5.15. The standard InChI is InChI=1S/C18H27N3O3/c1-13-10-15(20-14(2)19-13)16-12-21(8-9-24-16)17(22)11-18(23)6-4-3-5-7-18/h10,16,23H,3-9,11-12H2,1-2H3. The third kappa shape index (κ3) is 4.11. The Morgan fingerprint density at radius 3 is 2.79 bits per heavy atom. The fraction of sp³-hybridized carbons (Fsp3) is 0.722. The minimum absolute atomic E-state index is 0.0233. The molecule has 1 unspecified atom stereocenters. The van der Waals surface area contributed by atoms with E-state index in [1.807, 2.05) is 24.8 Å². The summed E-state index contributed by atoms with van der Waals surface area (Å²) in [7, 11) is 0. The van der Waals surface area contributed by atoms with Crippen LogP contribution in [0.4, 0.5) is 0 Å². The van der Waals surface area contributed by atoms with Gasteiger partial charge in [-0.15, -0.1) is 0 Å². The van der Waals surface area contributed by atoms with Crippen molar-refractivity contribution in [2.75, 3.05) is 19.7 Å². The number of rotatable bonds is 3. The highest BCUT2D eigenvalue weighted by molar-refractivity contribution is 5.77. The Balaban J connectivity index is 1.65. The van der Waals surface area contributed by atoms with Gasteiger partial charge in [-0.25, -0.2) is 9.97 Å². The molecule has 24 heavy (non-hydrogen) atoms. The fourth-order valence-corrected chi connectivity index (χ4v) is 3.75. The first-order valence-electron chi connectivity index (χ1n) is 8.89. The van der Waals surface area contributed by atoms with Crippen molar-refractivity contribution in [3.05, 3.63) is 23.3 Å². The average Bonchev–Trinajstić information content (AvgIpc) is 2.54. The van der Waals surface area contributed by atoms with Crippen LogP contribution in [-0.2, 0) is 9.53 Å². The summed E-state index contributed by atoms with van der Waals surface area (Å²) in [6, 6.07) is 1.92. The molecule has 132 valence electrons. The van der Waals surface area contributed by atoms with Crippen LogP contribution < -0.4 is 0 Å². The van der Waals surface area contributed by atoms with Gasteiger partial charge in [0.05, 0.1) is 30.9 Å². The minimum Gasteiger partial charge on any atom is -0.389 e. The van der Waals surface area contributed by atoms with Crippen molar-refractivity contribution >= 4 is 5.91 Å². The van der Waals surface area contributed by atoms with E-state index in [0.29, 0.717) is 25.5 Å². The molecule has 0 bridgehead atoms. The molecule has 1 aromatic heterocycles. The largest absolute Gasteiger partial charge is 0.389 e. The van der Waals surface area contributed by atoms with Gasteiger partial charge in [0.2, 0.25) is 5.91 Å². The number of amides is 1. The zero-order valence-corrected chi connectivity index (χ0v) is 14.6. The van der Waals surface area contributed by atoms with E-state index in [1.54, 1.807) is 0 Å². The van der Waals surface area contributed by atoms with E-state index in [-0.39, 0.29) is 18.4 Å². The molecule has 1 N–H and O–H groups in total. The Labute approximate surface area is 143 Å². The van der Waals surface area contributed by atoms with Crippen molar-refractivity contribution in [1.82, 2.24) is 14.9 Å². The maximum Gasteiger partial charge on any atom is 0.225 e. The van der Waals surface area contributed by atoms with Gasteiger partial charge in [-0.05, 0) is 32.8 Å². The quantitative estimate of drug-likeness (QED) is 0.916. The molecule has 2 aliphatic rings. The summed E-state index contributed by atoms with van der Waals surface area (Å²) in [4.78, 5) is 23.2. The van der Waals surface area contributed by atoms with Crippen molar-refractivity contribution in [1.29, 1.82) is 0 Å². The van der Waals surface area contributed by atoms with E-state index in [2.05, 4.69) is 9.97 Å². The number of aliphatic hydroxyl groups is 1. The van der Waals surface area contributed by atoms with E-state index >= 15 is 0 Å². The van der Waals surface area contributed by atoms with Gasteiger partial charge < -0.3 is 14.7 Å². The molecule has 3 rings (SSSR count). The third-order valence-electron chi connectivity index (χ3n) is 5.00. The van der Waals surface area contributed by atoms with Gasteiger partial charge in [-0.3, -0.25) is 4.79 Å². The third-order valence-corrected chi connectivity index (χ3v) is 5.00. The van der Waals surface area contributed by atoms with Crippen LogP contribution in [0.3, 0.4) is 0 Å². The van der Waals surface area contributed by atoms with Crippen LogP contribution in [0.5, 0.6) is 0 Å². The number of carbonyl (C=O) groups is 1. The molecule has 6 nitrogen and oxygen atoms in total. The first kappa shape index (κ1) is 17.3. The molecule has 1 aliphatic carbocycles. The Hall–Kier alpha value is -1.53. The van der Waals surface area contributed by atoms with E-state index in [4.69, 9.17) is 4.74 Å². The molecule has 0 aromatic carbocycles. The average molecular weight is 333 g/mol. The Bertz CT molecular complexity index is 579. The molecule has 0 radical (unpaired) electrons. The lowest BCUT2D eigenvalue weighted by Gasteiger charge is -2.37. The molecule has 1 amide bonds. The van der Waals surface area contributed by atoms with E-state index in [0.717, 1.165) is 43.5 Å². The second-order valence-electron chi connectivity index (χ2n) is 7.14. The van der Waals surface area contributed by atoms with Crippen LogP contribution in [0.1, 0.15) is 61.8 Å². The highest BCUT2D eigenvalue weighted by Gasteiger charge is 2.35. The second kappa shape index (κ2) is 7.15. The summed E-state index contributed by atoms with van der Waals surface area (Å²) in [5.41, 5.74) is 0.917. The van der Waals surface area contributed by atoms with E-state index in [9.17, 15) is 9.90 Å². The van der Waals surface area contributed by atoms with E-state index in [1.165, 1.54) is 0 Å². The number of hydrogen-bond acceptors (Lipinski definition) is 5. The number of ether oxygens (including phenoxy) is 1. The SMILES string of the molecule is Cc1cc(C2CN(C(=O)CC3(O)CCCCC3)CCO2)nc(C)n1. The van der Waals surface area contributed by atoms with Crippen LogP contribution in [0.15, 0.2) is 6.07 Å². The van der Waals surface area contributed by atoms with Crippen molar-refractivity contribution in [2.45, 2.75) is 64.1 Å². The first-order valence-corrected chi connectivity index (χ1v) is 8.89. The molecule has 1 aliphatic heterocycles. The van der Waals surface area contributed by atoms with Crippen molar-refractivity contribution in [3.63, 3.8) is 0 Å². The number of aromatic nitrogens is 2. The normalized spacial score (nSPS) is 24.0. The molecule has 1 saturated carbocycles. The van der Waals surface area contributed by atoms with Gasteiger partial charge in [0.1, 0.15) is 11.9 Å². The van der Waals surface area contributed by atoms with Gasteiger partial charge in [-0.2, -0.15) is 0 Å². The van der Waals surface area contributed by atoms with Crippen molar-refractivity contribution in [3.8, 4) is 0 Å². The lowest BCUT2D eigenvalue weighted by Crippen LogP contribution is -2.46. The molecule has 6 heteroatoms. The molecule has 1 aromatic rings. The molecule has 0 spiro atoms. The lowest BCUT2D eigenvalue weighted by molar-refractivity contribution is -0.145. The second-order valence-corrected chi connectivity index (χ2v) is 7.14. The minimum atomic E-state index is -0.814. The zero-order chi connectivity index (χ0) is 17.2. The predicted octanol–water partition coefficient (Wildman–Crippen LogP) is 2.08. The predicted molar refractivity (Wildman–Crippen MR) is 89.4 cm³/mol. The van der Waals surface area contributed by atoms with Gasteiger partial charge in [0, 0.05) is 12.2 Å². The number of morpholine rings is 1. The molecule has 2 fully saturated rings. The Morgan fingerprint density at radius 2 is 2.08 bits per heavy atom. The summed E-state index contributed by atoms with van der Waals surface area (Å²) in [6.07, 6.45) is 4.64. The number of nitrogens with zero attached hydrogens (tertiary/aromatic N) is 3. The van der Waals surface area contributed by atoms with Crippen LogP contribution in [0.2, 0.25) is 0 Å². The van der Waals surface area contributed by atoms with Gasteiger partial charge in [0.15, 0.2) is 0 Å². The summed E-state index contributed by atoms with van der Waals surface area (Å²) in [6.45, 7) is 5.36. The van der Waals surface area contributed by atoms with Gasteiger partial charge in [0.25, 0.3) is 0 Å². The summed E-state index contributed by atoms with van der Waals surface area (Å²) >= 11 is 0. The maximum atomic E-state index is 12.7. The van der Waals surface area contributed by atoms with Gasteiger partial charge in [-0.1, -0.05) is 19.3 Å². The number of hydrogen-bond donors (Lipinski definition) is 1. The summed E-state index contributed by atoms with van der Waals surface area (Å²) < 4.78 is 5.82. The van der Waals surface area contributed by atoms with E-state index < -0.39 is 5.60 Å². The van der Waals surface area contributed by atoms with Crippen LogP contribution >= 0.6 is 0 Å². The van der Waals surface area contributed by atoms with Crippen LogP contribution in [-0.4, -0.2) is 51.2 Å². The van der Waals surface area contributed by atoms with Crippen LogP contribution in [0.25, 0.3) is 0 Å². The first-order chi connectivity index (χ1) is 11.5. The fourth-order valence-electron chi connectivity index (χ4n) is 3.75. The monoisotopic (exact) mass is 333 g/mol. The summed E-state index contributed by atoms with van der Waals surface area (Å²) in [5.74, 6) is 0.740. The highest BCUT2D eigenvalue weighted by Crippen LogP contribution is 2.32. The number of aryl methyl sites for hydroxylation is 2. The van der Waals surface area contributed by atoms with Crippen molar-refractivity contribution < 1.29 is 14.6 Å². The van der Waals surface area contributed by atoms with Crippen LogP contribution in [0, 0.1) is 13.8 Å². The lowest BCUT2D eigenvalue weighted by atomic mass is 9.82. The molecule has 2 heterocycles. The topological polar surface area (TPSA) is 75.6 Å². The highest BCUT2D eigenvalue weighted by atomic mass is 16.5. The molecular weight excluding hydrogens is 306 g/mol. The zero-order valence-electron chi connectivity index (χ0n) is 14.6. The Morgan fingerprint density at radius 1 is 1.33 bits per heavy atom. The van der Waals surface area contributed by atoms with Gasteiger partial charge >= 0.3 is 0 Å². The number of carbonyl (C=O) groups excluding carboxylic acids is 1. The molecule has 1 atom stereocenters. The molecular formula is C18H27N3O3. The summed E-state index contributed by atoms with van der Waals surface area (Å²) in [5, 5.41) is 10.6.